The third-order valence-electron chi connectivity index (χ3n) is 3.41. The molecule has 0 atom stereocenters. The predicted molar refractivity (Wildman–Crippen MR) is 90.2 cm³/mol. The molecule has 1 aromatic heterocycles. The van der Waals surface area contributed by atoms with Crippen LogP contribution in [0.3, 0.4) is 0 Å². The van der Waals surface area contributed by atoms with E-state index in [9.17, 15) is 9.59 Å². The largest absolute Gasteiger partial charge is 0.497 e. The number of benzene rings is 1. The molecule has 0 bridgehead atoms. The van der Waals surface area contributed by atoms with Crippen LogP contribution in [0.5, 0.6) is 11.5 Å². The van der Waals surface area contributed by atoms with E-state index in [1.54, 1.807) is 38.3 Å². The summed E-state index contributed by atoms with van der Waals surface area (Å²) in [6.45, 7) is 0.584. The first kappa shape index (κ1) is 18.3. The van der Waals surface area contributed by atoms with E-state index in [0.29, 0.717) is 18.0 Å². The Morgan fingerprint density at radius 2 is 1.96 bits per heavy atom. The van der Waals surface area contributed by atoms with Gasteiger partial charge in [0.15, 0.2) is 5.76 Å². The van der Waals surface area contributed by atoms with Gasteiger partial charge in [0.2, 0.25) is 0 Å². The Hall–Kier alpha value is -3.00. The van der Waals surface area contributed by atoms with Crippen molar-refractivity contribution in [2.45, 2.75) is 6.54 Å². The standard InChI is InChI=1S/C17H21N3O5/c1-20(10-12-6-7-13(23-2)9-15(12)24-3)11-16(21)18-19-17(22)14-5-4-8-25-14/h4-9H,10-11H2,1-3H3,(H,18,21)(H,19,22). The number of rotatable bonds is 7. The van der Waals surface area contributed by atoms with Gasteiger partial charge < -0.3 is 13.9 Å². The number of amides is 2. The smallest absolute Gasteiger partial charge is 0.305 e. The summed E-state index contributed by atoms with van der Waals surface area (Å²) in [5.74, 6) is 0.628. The first-order valence-corrected chi connectivity index (χ1v) is 7.55. The maximum atomic E-state index is 11.9. The zero-order valence-electron chi connectivity index (χ0n) is 14.4. The zero-order chi connectivity index (χ0) is 18.2. The molecule has 2 N–H and O–H groups in total. The third-order valence-corrected chi connectivity index (χ3v) is 3.41. The molecule has 0 unspecified atom stereocenters. The predicted octanol–water partition coefficient (Wildman–Crippen LogP) is 1.19. The van der Waals surface area contributed by atoms with Crippen LogP contribution >= 0.6 is 0 Å². The Morgan fingerprint density at radius 1 is 1.16 bits per heavy atom. The molecule has 2 amide bonds. The molecule has 134 valence electrons. The molecule has 0 spiro atoms. The van der Waals surface area contributed by atoms with Crippen LogP contribution in [0.15, 0.2) is 41.0 Å². The average Bonchev–Trinajstić information content (AvgIpc) is 3.14. The molecule has 0 saturated heterocycles. The number of nitrogens with zero attached hydrogens (tertiary/aromatic N) is 1. The second-order valence-electron chi connectivity index (χ2n) is 5.33. The van der Waals surface area contributed by atoms with E-state index in [4.69, 9.17) is 13.9 Å². The Balaban J connectivity index is 1.84. The summed E-state index contributed by atoms with van der Waals surface area (Å²) in [6, 6.07) is 8.59. The molecule has 1 aromatic carbocycles. The van der Waals surface area contributed by atoms with Crippen molar-refractivity contribution in [3.8, 4) is 11.5 Å². The molecular formula is C17H21N3O5. The van der Waals surface area contributed by atoms with Crippen molar-refractivity contribution < 1.29 is 23.5 Å². The number of hydrogen-bond acceptors (Lipinski definition) is 6. The van der Waals surface area contributed by atoms with E-state index >= 15 is 0 Å². The van der Waals surface area contributed by atoms with Gasteiger partial charge in [0, 0.05) is 18.2 Å². The molecule has 0 aliphatic rings. The minimum atomic E-state index is -0.516. The zero-order valence-corrected chi connectivity index (χ0v) is 14.4. The van der Waals surface area contributed by atoms with E-state index < -0.39 is 5.91 Å². The van der Waals surface area contributed by atoms with Crippen molar-refractivity contribution in [1.82, 2.24) is 15.8 Å². The molecule has 0 radical (unpaired) electrons. The number of nitrogens with one attached hydrogen (secondary N) is 2. The molecule has 8 nitrogen and oxygen atoms in total. The van der Waals surface area contributed by atoms with Crippen LogP contribution in [0.1, 0.15) is 16.1 Å². The molecule has 0 aliphatic heterocycles. The first-order chi connectivity index (χ1) is 12.0. The minimum absolute atomic E-state index is 0.0909. The number of likely N-dealkylation sites (N-methyl/N-ethyl adjacent to an activating group) is 1. The van der Waals surface area contributed by atoms with Gasteiger partial charge >= 0.3 is 5.91 Å². The summed E-state index contributed by atoms with van der Waals surface area (Å²) < 4.78 is 15.4. The maximum absolute atomic E-state index is 11.9. The second kappa shape index (κ2) is 8.74. The average molecular weight is 347 g/mol. The van der Waals surface area contributed by atoms with E-state index in [1.807, 2.05) is 12.1 Å². The van der Waals surface area contributed by atoms with Crippen molar-refractivity contribution in [2.24, 2.45) is 0 Å². The van der Waals surface area contributed by atoms with Gasteiger partial charge in [0.05, 0.1) is 27.0 Å². The molecule has 1 heterocycles. The van der Waals surface area contributed by atoms with E-state index in [1.165, 1.54) is 12.3 Å². The van der Waals surface area contributed by atoms with Crippen LogP contribution in [0.4, 0.5) is 0 Å². The first-order valence-electron chi connectivity index (χ1n) is 7.55. The van der Waals surface area contributed by atoms with Crippen LogP contribution in [0, 0.1) is 0 Å². The highest BCUT2D eigenvalue weighted by atomic mass is 16.5. The second-order valence-corrected chi connectivity index (χ2v) is 5.33. The molecule has 8 heteroatoms. The highest BCUT2D eigenvalue weighted by Crippen LogP contribution is 2.25. The van der Waals surface area contributed by atoms with Crippen molar-refractivity contribution >= 4 is 11.8 Å². The third kappa shape index (κ3) is 5.25. The minimum Gasteiger partial charge on any atom is -0.497 e. The fourth-order valence-corrected chi connectivity index (χ4v) is 2.21. The number of methoxy groups -OCH3 is 2. The van der Waals surface area contributed by atoms with Crippen LogP contribution in [-0.4, -0.2) is 44.5 Å². The number of furan rings is 1. The van der Waals surface area contributed by atoms with Gasteiger partial charge in [-0.2, -0.15) is 0 Å². The molecule has 0 saturated carbocycles. The van der Waals surface area contributed by atoms with E-state index in [-0.39, 0.29) is 18.2 Å². The lowest BCUT2D eigenvalue weighted by Gasteiger charge is -2.18. The fraction of sp³-hybridized carbons (Fsp3) is 0.294. The lowest BCUT2D eigenvalue weighted by atomic mass is 10.2. The summed E-state index contributed by atoms with van der Waals surface area (Å²) in [7, 11) is 4.95. The highest BCUT2D eigenvalue weighted by molar-refractivity contribution is 5.93. The van der Waals surface area contributed by atoms with Gasteiger partial charge in [-0.05, 0) is 25.2 Å². The summed E-state index contributed by atoms with van der Waals surface area (Å²) >= 11 is 0. The van der Waals surface area contributed by atoms with Crippen LogP contribution in [0.2, 0.25) is 0 Å². The summed E-state index contributed by atoms with van der Waals surface area (Å²) in [6.07, 6.45) is 1.38. The van der Waals surface area contributed by atoms with Crippen LogP contribution < -0.4 is 20.3 Å². The van der Waals surface area contributed by atoms with Crippen LogP contribution in [-0.2, 0) is 11.3 Å². The Bertz CT molecular complexity index is 715. The van der Waals surface area contributed by atoms with Crippen LogP contribution in [0.25, 0.3) is 0 Å². The lowest BCUT2D eigenvalue weighted by Crippen LogP contribution is -2.45. The number of hydrazine groups is 1. The quantitative estimate of drug-likeness (QED) is 0.731. The SMILES string of the molecule is COc1ccc(CN(C)CC(=O)NNC(=O)c2ccco2)c(OC)c1. The van der Waals surface area contributed by atoms with Gasteiger partial charge in [0.25, 0.3) is 5.91 Å². The van der Waals surface area contributed by atoms with Gasteiger partial charge in [-0.15, -0.1) is 0 Å². The molecule has 2 rings (SSSR count). The van der Waals surface area contributed by atoms with E-state index in [2.05, 4.69) is 10.9 Å². The van der Waals surface area contributed by atoms with Crippen molar-refractivity contribution in [3.05, 3.63) is 47.9 Å². The van der Waals surface area contributed by atoms with Gasteiger partial charge in [-0.25, -0.2) is 0 Å². The van der Waals surface area contributed by atoms with Gasteiger partial charge in [0.1, 0.15) is 11.5 Å². The Morgan fingerprint density at radius 3 is 2.60 bits per heavy atom. The molecule has 2 aromatic rings. The number of carbonyl (C=O) groups excluding carboxylic acids is 2. The Labute approximate surface area is 145 Å². The topological polar surface area (TPSA) is 93.0 Å². The molecule has 25 heavy (non-hydrogen) atoms. The maximum Gasteiger partial charge on any atom is 0.305 e. The molecular weight excluding hydrogens is 326 g/mol. The van der Waals surface area contributed by atoms with Gasteiger partial charge in [-0.3, -0.25) is 25.3 Å². The van der Waals surface area contributed by atoms with Crippen molar-refractivity contribution in [2.75, 3.05) is 27.8 Å². The molecule has 0 fully saturated rings. The number of hydrogen-bond donors (Lipinski definition) is 2. The summed E-state index contributed by atoms with van der Waals surface area (Å²) in [4.78, 5) is 25.4. The van der Waals surface area contributed by atoms with Crippen molar-refractivity contribution in [3.63, 3.8) is 0 Å². The highest BCUT2D eigenvalue weighted by Gasteiger charge is 2.13. The summed E-state index contributed by atoms with van der Waals surface area (Å²) in [5, 5.41) is 0. The number of ether oxygens (including phenoxy) is 2. The normalized spacial score (nSPS) is 10.4. The molecule has 0 aliphatic carbocycles. The lowest BCUT2D eigenvalue weighted by molar-refractivity contribution is -0.122. The summed E-state index contributed by atoms with van der Waals surface area (Å²) in [5.41, 5.74) is 5.55. The monoisotopic (exact) mass is 347 g/mol. The number of carbonyl (C=O) groups is 2. The van der Waals surface area contributed by atoms with Gasteiger partial charge in [-0.1, -0.05) is 6.07 Å². The van der Waals surface area contributed by atoms with Crippen molar-refractivity contribution in [1.29, 1.82) is 0 Å². The fourth-order valence-electron chi connectivity index (χ4n) is 2.21. The van der Waals surface area contributed by atoms with E-state index in [0.717, 1.165) is 5.56 Å². The Kier molecular flexibility index (Phi) is 6.41.